The largest absolute Gasteiger partial charge is 0.352 e. The molecule has 1 amide bonds. The maximum Gasteiger partial charge on any atom is 0.237 e. The number of nitrogens with one attached hydrogen (secondary N) is 1. The Kier molecular flexibility index (Phi) is 5.44. The van der Waals surface area contributed by atoms with Gasteiger partial charge in [0.2, 0.25) is 5.91 Å². The second kappa shape index (κ2) is 6.39. The molecule has 1 saturated carbocycles. The van der Waals surface area contributed by atoms with Crippen molar-refractivity contribution < 1.29 is 4.79 Å². The van der Waals surface area contributed by atoms with Crippen LogP contribution in [0.3, 0.4) is 0 Å². The highest BCUT2D eigenvalue weighted by Gasteiger charge is 2.32. The smallest absolute Gasteiger partial charge is 0.237 e. The van der Waals surface area contributed by atoms with Gasteiger partial charge >= 0.3 is 0 Å². The Bertz CT molecular complexity index is 253. The number of amides is 1. The summed E-state index contributed by atoms with van der Waals surface area (Å²) in [4.78, 5) is 11.9. The molecule has 100 valence electrons. The van der Waals surface area contributed by atoms with Crippen LogP contribution in [0.25, 0.3) is 0 Å². The Morgan fingerprint density at radius 2 is 2.06 bits per heavy atom. The summed E-state index contributed by atoms with van der Waals surface area (Å²) in [6, 6.07) is -0.0242. The third-order valence-electron chi connectivity index (χ3n) is 4.13. The summed E-state index contributed by atoms with van der Waals surface area (Å²) >= 11 is 0. The minimum absolute atomic E-state index is 0.0252. The topological polar surface area (TPSA) is 55.1 Å². The third kappa shape index (κ3) is 3.98. The first-order valence-electron chi connectivity index (χ1n) is 7.01. The molecule has 1 rings (SSSR count). The van der Waals surface area contributed by atoms with Gasteiger partial charge in [-0.1, -0.05) is 34.1 Å². The van der Waals surface area contributed by atoms with E-state index in [1.165, 1.54) is 12.8 Å². The predicted molar refractivity (Wildman–Crippen MR) is 71.5 cm³/mol. The van der Waals surface area contributed by atoms with Crippen molar-refractivity contribution >= 4 is 5.91 Å². The normalized spacial score (nSPS) is 31.3. The van der Waals surface area contributed by atoms with Crippen LogP contribution in [-0.4, -0.2) is 18.0 Å². The average molecular weight is 240 g/mol. The van der Waals surface area contributed by atoms with Gasteiger partial charge in [-0.2, -0.15) is 0 Å². The van der Waals surface area contributed by atoms with Gasteiger partial charge in [0.05, 0.1) is 6.04 Å². The molecule has 0 aliphatic heterocycles. The van der Waals surface area contributed by atoms with Crippen molar-refractivity contribution in [3.63, 3.8) is 0 Å². The van der Waals surface area contributed by atoms with E-state index in [-0.39, 0.29) is 11.9 Å². The molecule has 0 radical (unpaired) electrons. The molecular weight excluding hydrogens is 212 g/mol. The standard InChI is InChI=1S/C14H28N2O/c1-5-12(15)14(17)16-13-8-10(4)6-7-11(13)9(2)3/h9-13H,5-8,15H2,1-4H3,(H,16,17)/t10?,11?,12-,13?/m0/s1. The maximum atomic E-state index is 11.9. The molecular formula is C14H28N2O. The number of carbonyl (C=O) groups is 1. The molecule has 0 aromatic carbocycles. The molecule has 0 heterocycles. The fraction of sp³-hybridized carbons (Fsp3) is 0.929. The Morgan fingerprint density at radius 3 is 2.59 bits per heavy atom. The van der Waals surface area contributed by atoms with Crippen molar-refractivity contribution in [1.29, 1.82) is 0 Å². The number of hydrogen-bond acceptors (Lipinski definition) is 2. The molecule has 0 saturated heterocycles. The van der Waals surface area contributed by atoms with Gasteiger partial charge in [0, 0.05) is 6.04 Å². The first-order chi connectivity index (χ1) is 7.95. The van der Waals surface area contributed by atoms with Crippen LogP contribution in [0.1, 0.15) is 53.4 Å². The lowest BCUT2D eigenvalue weighted by molar-refractivity contribution is -0.124. The lowest BCUT2D eigenvalue weighted by Gasteiger charge is -2.38. The van der Waals surface area contributed by atoms with E-state index >= 15 is 0 Å². The van der Waals surface area contributed by atoms with Gasteiger partial charge in [0.1, 0.15) is 0 Å². The molecule has 0 bridgehead atoms. The van der Waals surface area contributed by atoms with Crippen molar-refractivity contribution in [3.8, 4) is 0 Å². The Hall–Kier alpha value is -0.570. The van der Waals surface area contributed by atoms with E-state index < -0.39 is 0 Å². The average Bonchev–Trinajstić information content (AvgIpc) is 2.27. The van der Waals surface area contributed by atoms with Crippen LogP contribution in [0, 0.1) is 17.8 Å². The summed E-state index contributed by atoms with van der Waals surface area (Å²) in [5, 5.41) is 3.17. The molecule has 1 fully saturated rings. The van der Waals surface area contributed by atoms with Crippen LogP contribution in [-0.2, 0) is 4.79 Å². The fourth-order valence-electron chi connectivity index (χ4n) is 2.84. The molecule has 3 heteroatoms. The van der Waals surface area contributed by atoms with E-state index in [1.54, 1.807) is 0 Å². The molecule has 3 nitrogen and oxygen atoms in total. The van der Waals surface area contributed by atoms with E-state index in [2.05, 4.69) is 26.1 Å². The van der Waals surface area contributed by atoms with Crippen molar-refractivity contribution in [3.05, 3.63) is 0 Å². The summed E-state index contributed by atoms with van der Waals surface area (Å²) in [7, 11) is 0. The molecule has 4 atom stereocenters. The first-order valence-corrected chi connectivity index (χ1v) is 7.01. The quantitative estimate of drug-likeness (QED) is 0.792. The summed E-state index contributed by atoms with van der Waals surface area (Å²) in [5.41, 5.74) is 5.78. The second-order valence-corrected chi connectivity index (χ2v) is 5.96. The zero-order valence-electron chi connectivity index (χ0n) is 11.7. The van der Waals surface area contributed by atoms with Crippen LogP contribution in [0.2, 0.25) is 0 Å². The van der Waals surface area contributed by atoms with Gasteiger partial charge in [-0.25, -0.2) is 0 Å². The number of hydrogen-bond donors (Lipinski definition) is 2. The van der Waals surface area contributed by atoms with Gasteiger partial charge in [-0.15, -0.1) is 0 Å². The van der Waals surface area contributed by atoms with Gasteiger partial charge in [0.25, 0.3) is 0 Å². The first kappa shape index (κ1) is 14.5. The van der Waals surface area contributed by atoms with Gasteiger partial charge in [-0.05, 0) is 37.0 Å². The van der Waals surface area contributed by atoms with Gasteiger partial charge < -0.3 is 11.1 Å². The molecule has 0 aromatic heterocycles. The van der Waals surface area contributed by atoms with E-state index in [0.29, 0.717) is 30.2 Å². The minimum Gasteiger partial charge on any atom is -0.352 e. The third-order valence-corrected chi connectivity index (χ3v) is 4.13. The van der Waals surface area contributed by atoms with E-state index in [4.69, 9.17) is 5.73 Å². The summed E-state index contributed by atoms with van der Waals surface area (Å²) in [6.45, 7) is 8.72. The summed E-state index contributed by atoms with van der Waals surface area (Å²) in [6.07, 6.45) is 4.33. The molecule has 3 unspecified atom stereocenters. The predicted octanol–water partition coefficient (Wildman–Crippen LogP) is 2.30. The summed E-state index contributed by atoms with van der Waals surface area (Å²) in [5.74, 6) is 1.98. The van der Waals surface area contributed by atoms with Gasteiger partial charge in [-0.3, -0.25) is 4.79 Å². The molecule has 3 N–H and O–H groups in total. The van der Waals surface area contributed by atoms with Crippen LogP contribution in [0.15, 0.2) is 0 Å². The van der Waals surface area contributed by atoms with Crippen molar-refractivity contribution in [2.75, 3.05) is 0 Å². The van der Waals surface area contributed by atoms with Crippen molar-refractivity contribution in [2.45, 2.75) is 65.5 Å². The highest BCUT2D eigenvalue weighted by atomic mass is 16.2. The van der Waals surface area contributed by atoms with Crippen molar-refractivity contribution in [1.82, 2.24) is 5.32 Å². The molecule has 17 heavy (non-hydrogen) atoms. The SMILES string of the molecule is CC[C@H](N)C(=O)NC1CC(C)CCC1C(C)C. The van der Waals surface area contributed by atoms with Crippen molar-refractivity contribution in [2.24, 2.45) is 23.5 Å². The van der Waals surface area contributed by atoms with Gasteiger partial charge in [0.15, 0.2) is 0 Å². The number of rotatable bonds is 4. The van der Waals surface area contributed by atoms with Crippen LogP contribution < -0.4 is 11.1 Å². The fourth-order valence-corrected chi connectivity index (χ4v) is 2.84. The van der Waals surface area contributed by atoms with Crippen LogP contribution >= 0.6 is 0 Å². The Morgan fingerprint density at radius 1 is 1.41 bits per heavy atom. The molecule has 1 aliphatic carbocycles. The number of nitrogens with two attached hydrogens (primary N) is 1. The van der Waals surface area contributed by atoms with Crippen LogP contribution in [0.5, 0.6) is 0 Å². The highest BCUT2D eigenvalue weighted by Crippen LogP contribution is 2.33. The lowest BCUT2D eigenvalue weighted by atomic mass is 9.74. The Labute approximate surface area is 106 Å². The second-order valence-electron chi connectivity index (χ2n) is 5.96. The minimum atomic E-state index is -0.347. The molecule has 0 aromatic rings. The Balaban J connectivity index is 2.60. The number of carbonyl (C=O) groups excluding carboxylic acids is 1. The zero-order valence-corrected chi connectivity index (χ0v) is 11.7. The monoisotopic (exact) mass is 240 g/mol. The van der Waals surface area contributed by atoms with E-state index in [1.807, 2.05) is 6.92 Å². The summed E-state index contributed by atoms with van der Waals surface area (Å²) < 4.78 is 0. The van der Waals surface area contributed by atoms with Crippen LogP contribution in [0.4, 0.5) is 0 Å². The lowest BCUT2D eigenvalue weighted by Crippen LogP contribution is -2.50. The highest BCUT2D eigenvalue weighted by molar-refractivity contribution is 5.81. The zero-order chi connectivity index (χ0) is 13.0. The molecule has 0 spiro atoms. The maximum absolute atomic E-state index is 11.9. The van der Waals surface area contributed by atoms with E-state index in [9.17, 15) is 4.79 Å². The molecule has 1 aliphatic rings. The van der Waals surface area contributed by atoms with E-state index in [0.717, 1.165) is 6.42 Å².